The van der Waals surface area contributed by atoms with E-state index in [1.165, 1.54) is 6.92 Å². The van der Waals surface area contributed by atoms with E-state index in [1.54, 1.807) is 9.80 Å². The van der Waals surface area contributed by atoms with Crippen LogP contribution < -0.4 is 0 Å². The molecule has 1 aliphatic rings. The Morgan fingerprint density at radius 3 is 1.18 bits per heavy atom. The van der Waals surface area contributed by atoms with Crippen LogP contribution in [0.1, 0.15) is 6.92 Å². The van der Waals surface area contributed by atoms with Gasteiger partial charge in [0, 0.05) is 52.4 Å². The van der Waals surface area contributed by atoms with E-state index in [0.29, 0.717) is 52.4 Å². The van der Waals surface area contributed by atoms with Crippen LogP contribution >= 0.6 is 0 Å². The molecule has 0 aromatic heterocycles. The van der Waals surface area contributed by atoms with Crippen molar-refractivity contribution in [2.75, 3.05) is 78.5 Å². The maximum absolute atomic E-state index is 11.6. The zero-order valence-electron chi connectivity index (χ0n) is 16.5. The van der Waals surface area contributed by atoms with Crippen molar-refractivity contribution >= 4 is 17.7 Å². The van der Waals surface area contributed by atoms with Crippen molar-refractivity contribution in [1.82, 2.24) is 19.6 Å². The molecule has 0 aromatic carbocycles. The molecule has 1 aliphatic heterocycles. The predicted molar refractivity (Wildman–Crippen MR) is 103 cm³/mol. The molecule has 0 aromatic rings. The number of nitrogens with zero attached hydrogens (tertiary/aromatic N) is 4. The summed E-state index contributed by atoms with van der Waals surface area (Å²) in [5.41, 5.74) is 0. The van der Waals surface area contributed by atoms with Gasteiger partial charge in [0.15, 0.2) is 0 Å². The molecule has 1 rings (SSSR count). The third-order valence-corrected chi connectivity index (χ3v) is 4.50. The molecule has 10 heteroatoms. The zero-order valence-corrected chi connectivity index (χ0v) is 16.5. The first-order chi connectivity index (χ1) is 13.2. The number of carboxylic acids is 2. The van der Waals surface area contributed by atoms with Crippen LogP contribution in [0.3, 0.4) is 0 Å². The summed E-state index contributed by atoms with van der Waals surface area (Å²) in [4.78, 5) is 41.3. The topological polar surface area (TPSA) is 125 Å². The van der Waals surface area contributed by atoms with Gasteiger partial charge in [-0.05, 0) is 6.92 Å². The molecule has 0 amide bonds. The lowest BCUT2D eigenvalue weighted by atomic mass is 10.3. The molecule has 0 saturated carbocycles. The van der Waals surface area contributed by atoms with Gasteiger partial charge in [0.25, 0.3) is 0 Å². The van der Waals surface area contributed by atoms with Crippen LogP contribution in [0.4, 0.5) is 0 Å². The lowest BCUT2D eigenvalue weighted by molar-refractivity contribution is -0.140. The SMILES string of the molecule is C=C(O)CN1CCN(CC(C)=O)CCN(CC(=O)O)CCN(CC(=O)O)CC1. The van der Waals surface area contributed by atoms with Gasteiger partial charge in [-0.2, -0.15) is 0 Å². The number of aliphatic hydroxyl groups excluding tert-OH is 1. The minimum Gasteiger partial charge on any atom is -0.512 e. The molecule has 28 heavy (non-hydrogen) atoms. The van der Waals surface area contributed by atoms with Gasteiger partial charge in [0.1, 0.15) is 5.78 Å². The molecule has 1 saturated heterocycles. The smallest absolute Gasteiger partial charge is 0.317 e. The molecular formula is C18H32N4O6. The summed E-state index contributed by atoms with van der Waals surface area (Å²) >= 11 is 0. The Morgan fingerprint density at radius 2 is 0.929 bits per heavy atom. The van der Waals surface area contributed by atoms with Crippen LogP contribution in [0.5, 0.6) is 0 Å². The third-order valence-electron chi connectivity index (χ3n) is 4.50. The second-order valence-corrected chi connectivity index (χ2v) is 7.16. The van der Waals surface area contributed by atoms with E-state index in [1.807, 2.05) is 9.80 Å². The fraction of sp³-hybridized carbons (Fsp3) is 0.722. The number of rotatable bonds is 8. The number of carbonyl (C=O) groups is 3. The summed E-state index contributed by atoms with van der Waals surface area (Å²) in [6.07, 6.45) is 0. The van der Waals surface area contributed by atoms with E-state index >= 15 is 0 Å². The highest BCUT2D eigenvalue weighted by Crippen LogP contribution is 2.02. The minimum absolute atomic E-state index is 0.0302. The first-order valence-electron chi connectivity index (χ1n) is 9.35. The van der Waals surface area contributed by atoms with Crippen LogP contribution in [0.15, 0.2) is 12.3 Å². The number of carboxylic acid groups (broad SMARTS) is 2. The molecule has 0 atom stereocenters. The number of Topliss-reactive ketones (excluding diaryl/α,β-unsaturated/α-hetero) is 1. The standard InChI is InChI=1S/C18H32N4O6/c1-15(23)11-19-3-4-20(12-16(2)24)6-8-22(14-18(27)28)10-9-21(7-5-19)13-17(25)26/h23H,1,3-14H2,2H3,(H,25,26)(H,27,28). The monoisotopic (exact) mass is 400 g/mol. The van der Waals surface area contributed by atoms with Crippen LogP contribution in [-0.2, 0) is 14.4 Å². The molecule has 0 spiro atoms. The van der Waals surface area contributed by atoms with E-state index in [-0.39, 0.29) is 37.7 Å². The summed E-state index contributed by atoms with van der Waals surface area (Å²) in [7, 11) is 0. The maximum Gasteiger partial charge on any atom is 0.317 e. The van der Waals surface area contributed by atoms with Crippen molar-refractivity contribution in [3.63, 3.8) is 0 Å². The van der Waals surface area contributed by atoms with Gasteiger partial charge >= 0.3 is 11.9 Å². The molecule has 0 radical (unpaired) electrons. The Balaban J connectivity index is 2.90. The number of aliphatic hydroxyl groups is 1. The minimum atomic E-state index is -0.942. The molecule has 1 heterocycles. The fourth-order valence-corrected chi connectivity index (χ4v) is 3.17. The molecule has 160 valence electrons. The summed E-state index contributed by atoms with van der Waals surface area (Å²) in [5.74, 6) is -1.82. The lowest BCUT2D eigenvalue weighted by Gasteiger charge is -2.33. The quantitative estimate of drug-likeness (QED) is 0.439. The van der Waals surface area contributed by atoms with Crippen molar-refractivity contribution in [3.8, 4) is 0 Å². The van der Waals surface area contributed by atoms with E-state index in [2.05, 4.69) is 6.58 Å². The number of ketones is 1. The molecule has 1 fully saturated rings. The predicted octanol–water partition coefficient (Wildman–Crippen LogP) is -0.962. The van der Waals surface area contributed by atoms with Crippen LogP contribution in [0.25, 0.3) is 0 Å². The molecule has 3 N–H and O–H groups in total. The fourth-order valence-electron chi connectivity index (χ4n) is 3.17. The van der Waals surface area contributed by atoms with Crippen LogP contribution in [0, 0.1) is 0 Å². The summed E-state index contributed by atoms with van der Waals surface area (Å²) in [6.45, 7) is 9.30. The Labute approximate surface area is 165 Å². The van der Waals surface area contributed by atoms with Crippen molar-refractivity contribution < 1.29 is 29.7 Å². The highest BCUT2D eigenvalue weighted by atomic mass is 16.4. The second kappa shape index (κ2) is 12.4. The van der Waals surface area contributed by atoms with Crippen molar-refractivity contribution in [3.05, 3.63) is 12.3 Å². The molecule has 10 nitrogen and oxygen atoms in total. The Hall–Kier alpha value is -2.01. The Morgan fingerprint density at radius 1 is 0.643 bits per heavy atom. The first kappa shape index (κ1) is 24.0. The van der Waals surface area contributed by atoms with Gasteiger partial charge in [-0.3, -0.25) is 34.0 Å². The first-order valence-corrected chi connectivity index (χ1v) is 9.35. The molecule has 0 unspecified atom stereocenters. The van der Waals surface area contributed by atoms with E-state index in [0.717, 1.165) is 0 Å². The number of hydrogen-bond acceptors (Lipinski definition) is 8. The van der Waals surface area contributed by atoms with E-state index in [4.69, 9.17) is 10.2 Å². The summed E-state index contributed by atoms with van der Waals surface area (Å²) in [6, 6.07) is 0. The van der Waals surface area contributed by atoms with Crippen LogP contribution in [0.2, 0.25) is 0 Å². The normalized spacial score (nSPS) is 19.5. The van der Waals surface area contributed by atoms with Gasteiger partial charge in [0.2, 0.25) is 0 Å². The van der Waals surface area contributed by atoms with E-state index in [9.17, 15) is 19.5 Å². The molecule has 0 bridgehead atoms. The van der Waals surface area contributed by atoms with Crippen molar-refractivity contribution in [2.45, 2.75) is 6.92 Å². The van der Waals surface area contributed by atoms with E-state index < -0.39 is 11.9 Å². The second-order valence-electron chi connectivity index (χ2n) is 7.16. The third kappa shape index (κ3) is 11.0. The summed E-state index contributed by atoms with van der Waals surface area (Å²) in [5, 5.41) is 27.8. The van der Waals surface area contributed by atoms with Crippen molar-refractivity contribution in [1.29, 1.82) is 0 Å². The number of carbonyl (C=O) groups excluding carboxylic acids is 1. The van der Waals surface area contributed by atoms with Gasteiger partial charge in [-0.25, -0.2) is 0 Å². The zero-order chi connectivity index (χ0) is 21.1. The van der Waals surface area contributed by atoms with Crippen LogP contribution in [-0.4, -0.2) is 131 Å². The van der Waals surface area contributed by atoms with Gasteiger partial charge in [-0.15, -0.1) is 0 Å². The van der Waals surface area contributed by atoms with Gasteiger partial charge in [0.05, 0.1) is 31.9 Å². The molecule has 0 aliphatic carbocycles. The van der Waals surface area contributed by atoms with Gasteiger partial charge < -0.3 is 15.3 Å². The van der Waals surface area contributed by atoms with Crippen molar-refractivity contribution in [2.24, 2.45) is 0 Å². The average molecular weight is 400 g/mol. The highest BCUT2D eigenvalue weighted by molar-refractivity contribution is 5.77. The summed E-state index contributed by atoms with van der Waals surface area (Å²) < 4.78 is 0. The number of hydrogen-bond donors (Lipinski definition) is 3. The maximum atomic E-state index is 11.6. The Kier molecular flexibility index (Phi) is 10.7. The van der Waals surface area contributed by atoms with Gasteiger partial charge in [-0.1, -0.05) is 6.58 Å². The highest BCUT2D eigenvalue weighted by Gasteiger charge is 2.19. The lowest BCUT2D eigenvalue weighted by Crippen LogP contribution is -2.48. The number of aliphatic carboxylic acids is 2. The molecular weight excluding hydrogens is 368 g/mol. The Bertz CT molecular complexity index is 444. The largest absolute Gasteiger partial charge is 0.512 e. The average Bonchev–Trinajstić information content (AvgIpc) is 2.55.